The minimum Gasteiger partial charge on any atom is -0.335 e. The van der Waals surface area contributed by atoms with Gasteiger partial charge >= 0.3 is 0 Å². The van der Waals surface area contributed by atoms with E-state index in [2.05, 4.69) is 78.0 Å². The fourth-order valence-corrected chi connectivity index (χ4v) is 5.93. The van der Waals surface area contributed by atoms with E-state index < -0.39 is 0 Å². The molecular formula is C30H24N6S. The maximum absolute atomic E-state index is 5.29. The lowest BCUT2D eigenvalue weighted by Crippen LogP contribution is -2.48. The first-order chi connectivity index (χ1) is 18.2. The average molecular weight is 501 g/mol. The average Bonchev–Trinajstić information content (AvgIpc) is 3.58. The Kier molecular flexibility index (Phi) is 5.04. The normalized spacial score (nSPS) is 17.0. The molecule has 0 radical (unpaired) electrons. The van der Waals surface area contributed by atoms with Gasteiger partial charge in [0.1, 0.15) is 6.04 Å². The Labute approximate surface area is 219 Å². The SMILES string of the molecule is Cc1ccccc1N=C1Nc2ccccc2N2C1=Nc1c(c(C)nn1-c1ccccc1)C2c1cccs1. The summed E-state index contributed by atoms with van der Waals surface area (Å²) in [4.78, 5) is 13.9. The molecule has 3 aromatic carbocycles. The van der Waals surface area contributed by atoms with Crippen LogP contribution in [0.2, 0.25) is 0 Å². The number of nitrogens with one attached hydrogen (secondary N) is 1. The number of rotatable bonds is 3. The Bertz CT molecular complexity index is 1680. The molecule has 1 atom stereocenters. The topological polar surface area (TPSA) is 57.8 Å². The van der Waals surface area contributed by atoms with Crippen LogP contribution in [0.4, 0.5) is 22.9 Å². The summed E-state index contributed by atoms with van der Waals surface area (Å²) >= 11 is 1.75. The van der Waals surface area contributed by atoms with Gasteiger partial charge in [-0.15, -0.1) is 11.3 Å². The number of thiophene rings is 1. The Morgan fingerprint density at radius 2 is 1.65 bits per heavy atom. The number of amidine groups is 2. The third kappa shape index (κ3) is 3.50. The van der Waals surface area contributed by atoms with Crippen molar-refractivity contribution < 1.29 is 0 Å². The zero-order valence-corrected chi connectivity index (χ0v) is 21.3. The zero-order valence-electron chi connectivity index (χ0n) is 20.5. The Balaban J connectivity index is 1.54. The number of anilines is 2. The van der Waals surface area contributed by atoms with E-state index in [1.807, 2.05) is 47.1 Å². The van der Waals surface area contributed by atoms with Crippen LogP contribution in [0.1, 0.15) is 27.7 Å². The van der Waals surface area contributed by atoms with Crippen LogP contribution >= 0.6 is 11.3 Å². The number of aliphatic imine (C=N–C) groups is 2. The monoisotopic (exact) mass is 500 g/mol. The fraction of sp³-hybridized carbons (Fsp3) is 0.100. The van der Waals surface area contributed by atoms with E-state index in [-0.39, 0.29) is 6.04 Å². The lowest BCUT2D eigenvalue weighted by molar-refractivity contribution is 0.831. The van der Waals surface area contributed by atoms with Gasteiger partial charge in [-0.2, -0.15) is 5.10 Å². The molecule has 2 aromatic heterocycles. The van der Waals surface area contributed by atoms with Gasteiger partial charge in [-0.3, -0.25) is 0 Å². The van der Waals surface area contributed by atoms with Crippen molar-refractivity contribution in [2.75, 3.05) is 10.2 Å². The van der Waals surface area contributed by atoms with Crippen molar-refractivity contribution in [3.8, 4) is 5.69 Å². The third-order valence-electron chi connectivity index (χ3n) is 6.84. The van der Waals surface area contributed by atoms with Crippen molar-refractivity contribution in [2.45, 2.75) is 19.9 Å². The maximum atomic E-state index is 5.29. The molecule has 7 heteroatoms. The highest BCUT2D eigenvalue weighted by atomic mass is 32.1. The van der Waals surface area contributed by atoms with Gasteiger partial charge in [0.2, 0.25) is 0 Å². The van der Waals surface area contributed by atoms with Crippen molar-refractivity contribution in [1.29, 1.82) is 0 Å². The molecule has 0 spiro atoms. The molecule has 37 heavy (non-hydrogen) atoms. The minimum absolute atomic E-state index is 0.0784. The van der Waals surface area contributed by atoms with Gasteiger partial charge in [0.05, 0.1) is 28.4 Å². The van der Waals surface area contributed by atoms with E-state index in [0.29, 0.717) is 0 Å². The van der Waals surface area contributed by atoms with Crippen LogP contribution in [-0.4, -0.2) is 21.5 Å². The van der Waals surface area contributed by atoms with Gasteiger partial charge in [-0.1, -0.05) is 54.6 Å². The molecule has 2 aliphatic heterocycles. The van der Waals surface area contributed by atoms with Gasteiger partial charge in [0.15, 0.2) is 17.5 Å². The van der Waals surface area contributed by atoms with Crippen LogP contribution in [0.5, 0.6) is 0 Å². The van der Waals surface area contributed by atoms with Crippen molar-refractivity contribution in [3.63, 3.8) is 0 Å². The van der Waals surface area contributed by atoms with Gasteiger partial charge in [0.25, 0.3) is 0 Å². The standard InChI is InChI=1S/C30H24N6S/c1-19-11-6-7-14-22(19)31-28-30-33-29-26(20(2)34-36(29)21-12-4-3-5-13-21)27(25-17-10-18-37-25)35(30)24-16-9-8-15-23(24)32-28/h3-18,27H,1-2H3,(H,31,32). The smallest absolute Gasteiger partial charge is 0.179 e. The van der Waals surface area contributed by atoms with Crippen LogP contribution in [0.3, 0.4) is 0 Å². The number of aromatic nitrogens is 2. The molecule has 0 aliphatic carbocycles. The van der Waals surface area contributed by atoms with E-state index in [1.54, 1.807) is 11.3 Å². The third-order valence-corrected chi connectivity index (χ3v) is 7.77. The van der Waals surface area contributed by atoms with E-state index in [9.17, 15) is 0 Å². The summed E-state index contributed by atoms with van der Waals surface area (Å²) < 4.78 is 1.96. The second-order valence-corrected chi connectivity index (χ2v) is 10.2. The molecule has 4 heterocycles. The van der Waals surface area contributed by atoms with E-state index >= 15 is 0 Å². The molecule has 0 bridgehead atoms. The minimum atomic E-state index is -0.0784. The van der Waals surface area contributed by atoms with Crippen molar-refractivity contribution in [1.82, 2.24) is 9.78 Å². The van der Waals surface area contributed by atoms with Crippen molar-refractivity contribution in [2.24, 2.45) is 9.98 Å². The number of benzene rings is 3. The molecular weight excluding hydrogens is 476 g/mol. The molecule has 7 rings (SSSR count). The Morgan fingerprint density at radius 1 is 0.865 bits per heavy atom. The Hall–Kier alpha value is -4.49. The van der Waals surface area contributed by atoms with Gasteiger partial charge < -0.3 is 10.2 Å². The fourth-order valence-electron chi connectivity index (χ4n) is 5.11. The Morgan fingerprint density at radius 3 is 2.46 bits per heavy atom. The molecule has 0 saturated carbocycles. The highest BCUT2D eigenvalue weighted by Crippen LogP contribution is 2.48. The van der Waals surface area contributed by atoms with Crippen LogP contribution in [0, 0.1) is 13.8 Å². The molecule has 0 saturated heterocycles. The molecule has 5 aromatic rings. The number of aryl methyl sites for hydroxylation is 2. The van der Waals surface area contributed by atoms with E-state index in [4.69, 9.17) is 15.1 Å². The lowest BCUT2D eigenvalue weighted by atomic mass is 9.98. The predicted molar refractivity (Wildman–Crippen MR) is 152 cm³/mol. The number of nitrogens with zero attached hydrogens (tertiary/aromatic N) is 5. The molecule has 0 amide bonds. The second-order valence-electron chi connectivity index (χ2n) is 9.18. The van der Waals surface area contributed by atoms with Gasteiger partial charge in [0, 0.05) is 10.4 Å². The van der Waals surface area contributed by atoms with Crippen LogP contribution in [0.15, 0.2) is 106 Å². The summed E-state index contributed by atoms with van der Waals surface area (Å²) in [6.07, 6.45) is 0. The molecule has 0 fully saturated rings. The number of fused-ring (bicyclic) bond motifs is 4. The highest BCUT2D eigenvalue weighted by molar-refractivity contribution is 7.10. The molecule has 1 unspecified atom stereocenters. The summed E-state index contributed by atoms with van der Waals surface area (Å²) in [6, 6.07) is 31.0. The van der Waals surface area contributed by atoms with Crippen molar-refractivity contribution in [3.05, 3.63) is 118 Å². The van der Waals surface area contributed by atoms with Crippen LogP contribution in [0.25, 0.3) is 5.69 Å². The number of hydrogen-bond acceptors (Lipinski definition) is 5. The molecule has 1 N–H and O–H groups in total. The summed E-state index contributed by atoms with van der Waals surface area (Å²) in [5.41, 5.74) is 7.16. The van der Waals surface area contributed by atoms with Crippen LogP contribution in [-0.2, 0) is 0 Å². The first-order valence-electron chi connectivity index (χ1n) is 12.3. The lowest BCUT2D eigenvalue weighted by Gasteiger charge is -2.41. The quantitative estimate of drug-likeness (QED) is 0.282. The zero-order chi connectivity index (χ0) is 24.9. The maximum Gasteiger partial charge on any atom is 0.179 e. The first-order valence-corrected chi connectivity index (χ1v) is 13.1. The van der Waals surface area contributed by atoms with E-state index in [0.717, 1.165) is 57.1 Å². The summed E-state index contributed by atoms with van der Waals surface area (Å²) in [5, 5.41) is 10.7. The van der Waals surface area contributed by atoms with Gasteiger partial charge in [-0.25, -0.2) is 14.7 Å². The molecule has 2 aliphatic rings. The molecule has 6 nitrogen and oxygen atoms in total. The predicted octanol–water partition coefficient (Wildman–Crippen LogP) is 7.35. The summed E-state index contributed by atoms with van der Waals surface area (Å²) in [5.74, 6) is 2.34. The van der Waals surface area contributed by atoms with Crippen molar-refractivity contribution >= 4 is 45.9 Å². The first kappa shape index (κ1) is 21.8. The number of para-hydroxylation sites is 4. The summed E-state index contributed by atoms with van der Waals surface area (Å²) in [6.45, 7) is 4.16. The molecule has 180 valence electrons. The highest BCUT2D eigenvalue weighted by Gasteiger charge is 2.42. The summed E-state index contributed by atoms with van der Waals surface area (Å²) in [7, 11) is 0. The largest absolute Gasteiger partial charge is 0.335 e. The van der Waals surface area contributed by atoms with Crippen LogP contribution < -0.4 is 10.2 Å². The number of hydrogen-bond donors (Lipinski definition) is 1. The second kappa shape index (κ2) is 8.57. The van der Waals surface area contributed by atoms with E-state index in [1.165, 1.54) is 4.88 Å². The van der Waals surface area contributed by atoms with Gasteiger partial charge in [-0.05, 0) is 61.2 Å².